The lowest BCUT2D eigenvalue weighted by molar-refractivity contribution is -0.137. The average Bonchev–Trinajstić information content (AvgIpc) is 2.24. The van der Waals surface area contributed by atoms with E-state index in [4.69, 9.17) is 4.74 Å². The van der Waals surface area contributed by atoms with E-state index in [1.807, 2.05) is 6.92 Å². The first-order valence-corrected chi connectivity index (χ1v) is 6.55. The molecule has 0 N–H and O–H groups in total. The van der Waals surface area contributed by atoms with Crippen LogP contribution in [0, 0.1) is 0 Å². The highest BCUT2D eigenvalue weighted by molar-refractivity contribution is 5.76. The van der Waals surface area contributed by atoms with Crippen LogP contribution in [0.15, 0.2) is 0 Å². The van der Waals surface area contributed by atoms with E-state index in [0.717, 1.165) is 25.9 Å². The number of hydrogen-bond acceptors (Lipinski definition) is 2. The molecule has 0 radical (unpaired) electrons. The van der Waals surface area contributed by atoms with Gasteiger partial charge in [0.2, 0.25) is 5.91 Å². The maximum atomic E-state index is 12.1. The molecule has 0 aromatic heterocycles. The minimum Gasteiger partial charge on any atom is -0.382 e. The molecule has 1 fully saturated rings. The van der Waals surface area contributed by atoms with Gasteiger partial charge in [0, 0.05) is 31.7 Å². The van der Waals surface area contributed by atoms with Gasteiger partial charge in [0.05, 0.1) is 0 Å². The van der Waals surface area contributed by atoms with E-state index in [0.29, 0.717) is 31.0 Å². The number of rotatable bonds is 5. The van der Waals surface area contributed by atoms with Crippen LogP contribution in [0.4, 0.5) is 0 Å². The third-order valence-electron chi connectivity index (χ3n) is 3.36. The molecule has 0 saturated carbocycles. The molecule has 1 saturated heterocycles. The molecule has 2 atom stereocenters. The van der Waals surface area contributed by atoms with Crippen LogP contribution in [0.25, 0.3) is 0 Å². The fourth-order valence-electron chi connectivity index (χ4n) is 2.51. The molecule has 0 spiro atoms. The van der Waals surface area contributed by atoms with Crippen molar-refractivity contribution >= 4 is 5.91 Å². The molecule has 3 heteroatoms. The second-order valence-electron chi connectivity index (χ2n) is 4.73. The molecule has 0 unspecified atom stereocenters. The minimum absolute atomic E-state index is 0.305. The Labute approximate surface area is 99.1 Å². The van der Waals surface area contributed by atoms with Crippen LogP contribution in [0.3, 0.4) is 0 Å². The predicted octanol–water partition coefficient (Wildman–Crippen LogP) is 2.59. The van der Waals surface area contributed by atoms with E-state index in [9.17, 15) is 4.79 Å². The third kappa shape index (κ3) is 3.78. The van der Waals surface area contributed by atoms with Crippen molar-refractivity contribution in [2.24, 2.45) is 0 Å². The van der Waals surface area contributed by atoms with Crippen LogP contribution in [0.1, 0.15) is 52.9 Å². The Bertz CT molecular complexity index is 208. The standard InChI is InChI=1S/C13H25NO2/c1-4-16-10-6-9-13(15)14-11(2)7-5-8-12(14)3/h11-12H,4-10H2,1-3H3/t11-,12+. The Morgan fingerprint density at radius 3 is 2.50 bits per heavy atom. The molecule has 1 heterocycles. The van der Waals surface area contributed by atoms with Crippen molar-refractivity contribution in [1.82, 2.24) is 4.90 Å². The monoisotopic (exact) mass is 227 g/mol. The summed E-state index contributed by atoms with van der Waals surface area (Å²) in [5.74, 6) is 0.305. The number of likely N-dealkylation sites (tertiary alicyclic amines) is 1. The maximum absolute atomic E-state index is 12.1. The zero-order valence-electron chi connectivity index (χ0n) is 10.9. The summed E-state index contributed by atoms with van der Waals surface area (Å²) in [6, 6.07) is 0.840. The summed E-state index contributed by atoms with van der Waals surface area (Å²) >= 11 is 0. The van der Waals surface area contributed by atoms with E-state index in [1.165, 1.54) is 6.42 Å². The molecule has 0 aliphatic carbocycles. The first-order chi connectivity index (χ1) is 7.66. The van der Waals surface area contributed by atoms with E-state index in [2.05, 4.69) is 18.7 Å². The zero-order chi connectivity index (χ0) is 12.0. The summed E-state index contributed by atoms with van der Waals surface area (Å²) < 4.78 is 5.25. The van der Waals surface area contributed by atoms with Gasteiger partial charge in [-0.15, -0.1) is 0 Å². The van der Waals surface area contributed by atoms with Gasteiger partial charge in [0.15, 0.2) is 0 Å². The van der Waals surface area contributed by atoms with Crippen molar-refractivity contribution in [2.75, 3.05) is 13.2 Å². The summed E-state index contributed by atoms with van der Waals surface area (Å²) in [6.45, 7) is 7.76. The fourth-order valence-corrected chi connectivity index (χ4v) is 2.51. The van der Waals surface area contributed by atoms with Gasteiger partial charge >= 0.3 is 0 Å². The summed E-state index contributed by atoms with van der Waals surface area (Å²) in [6.07, 6.45) is 5.05. The van der Waals surface area contributed by atoms with Crippen LogP contribution in [0.5, 0.6) is 0 Å². The molecule has 0 aromatic carbocycles. The van der Waals surface area contributed by atoms with Crippen molar-refractivity contribution < 1.29 is 9.53 Å². The zero-order valence-corrected chi connectivity index (χ0v) is 10.9. The number of carbonyl (C=O) groups excluding carboxylic acids is 1. The highest BCUT2D eigenvalue weighted by Crippen LogP contribution is 2.23. The lowest BCUT2D eigenvalue weighted by Gasteiger charge is -2.39. The van der Waals surface area contributed by atoms with E-state index in [-0.39, 0.29) is 0 Å². The molecule has 0 bridgehead atoms. The second kappa shape index (κ2) is 6.89. The van der Waals surface area contributed by atoms with Crippen LogP contribution in [0.2, 0.25) is 0 Å². The number of nitrogens with zero attached hydrogens (tertiary/aromatic N) is 1. The Hall–Kier alpha value is -0.570. The Morgan fingerprint density at radius 1 is 1.31 bits per heavy atom. The van der Waals surface area contributed by atoms with Crippen molar-refractivity contribution in [1.29, 1.82) is 0 Å². The lowest BCUT2D eigenvalue weighted by atomic mass is 9.97. The Morgan fingerprint density at radius 2 is 1.94 bits per heavy atom. The van der Waals surface area contributed by atoms with Crippen LogP contribution >= 0.6 is 0 Å². The molecule has 0 aromatic rings. The third-order valence-corrected chi connectivity index (χ3v) is 3.36. The quantitative estimate of drug-likeness (QED) is 0.676. The van der Waals surface area contributed by atoms with Gasteiger partial charge in [0.25, 0.3) is 0 Å². The van der Waals surface area contributed by atoms with Crippen LogP contribution in [-0.2, 0) is 9.53 Å². The second-order valence-corrected chi connectivity index (χ2v) is 4.73. The van der Waals surface area contributed by atoms with Crippen LogP contribution < -0.4 is 0 Å². The van der Waals surface area contributed by atoms with Crippen molar-refractivity contribution in [3.63, 3.8) is 0 Å². The van der Waals surface area contributed by atoms with E-state index < -0.39 is 0 Å². The number of amides is 1. The summed E-state index contributed by atoms with van der Waals surface area (Å²) in [5, 5.41) is 0. The smallest absolute Gasteiger partial charge is 0.223 e. The first kappa shape index (κ1) is 13.5. The highest BCUT2D eigenvalue weighted by atomic mass is 16.5. The number of hydrogen-bond donors (Lipinski definition) is 0. The Balaban J connectivity index is 2.33. The van der Waals surface area contributed by atoms with Crippen molar-refractivity contribution in [3.8, 4) is 0 Å². The molecule has 3 nitrogen and oxygen atoms in total. The predicted molar refractivity (Wildman–Crippen MR) is 65.3 cm³/mol. The molecule has 1 aliphatic rings. The van der Waals surface area contributed by atoms with Gasteiger partial charge in [0.1, 0.15) is 0 Å². The summed E-state index contributed by atoms with van der Waals surface area (Å²) in [7, 11) is 0. The highest BCUT2D eigenvalue weighted by Gasteiger charge is 2.28. The number of ether oxygens (including phenoxy) is 1. The molecule has 94 valence electrons. The van der Waals surface area contributed by atoms with E-state index >= 15 is 0 Å². The number of carbonyl (C=O) groups is 1. The summed E-state index contributed by atoms with van der Waals surface area (Å²) in [4.78, 5) is 14.1. The van der Waals surface area contributed by atoms with Gasteiger partial charge in [-0.1, -0.05) is 0 Å². The topological polar surface area (TPSA) is 29.5 Å². The molecular weight excluding hydrogens is 202 g/mol. The Kier molecular flexibility index (Phi) is 5.81. The first-order valence-electron chi connectivity index (χ1n) is 6.55. The van der Waals surface area contributed by atoms with Gasteiger partial charge in [-0.25, -0.2) is 0 Å². The summed E-state index contributed by atoms with van der Waals surface area (Å²) in [5.41, 5.74) is 0. The average molecular weight is 227 g/mol. The normalized spacial score (nSPS) is 25.8. The molecule has 1 aliphatic heterocycles. The molecule has 1 amide bonds. The van der Waals surface area contributed by atoms with Gasteiger partial charge < -0.3 is 9.64 Å². The fraction of sp³-hybridized carbons (Fsp3) is 0.923. The van der Waals surface area contributed by atoms with Gasteiger partial charge in [-0.2, -0.15) is 0 Å². The molecular formula is C13H25NO2. The van der Waals surface area contributed by atoms with Gasteiger partial charge in [-0.05, 0) is 46.5 Å². The van der Waals surface area contributed by atoms with E-state index in [1.54, 1.807) is 0 Å². The molecule has 16 heavy (non-hydrogen) atoms. The number of piperidine rings is 1. The minimum atomic E-state index is 0.305. The van der Waals surface area contributed by atoms with Crippen molar-refractivity contribution in [2.45, 2.75) is 65.0 Å². The maximum Gasteiger partial charge on any atom is 0.223 e. The van der Waals surface area contributed by atoms with Crippen molar-refractivity contribution in [3.05, 3.63) is 0 Å². The SMILES string of the molecule is CCOCCCC(=O)N1[C@H](C)CCC[C@@H]1C. The lowest BCUT2D eigenvalue weighted by Crippen LogP contribution is -2.47. The van der Waals surface area contributed by atoms with Gasteiger partial charge in [-0.3, -0.25) is 4.79 Å². The van der Waals surface area contributed by atoms with Crippen LogP contribution in [-0.4, -0.2) is 36.1 Å². The largest absolute Gasteiger partial charge is 0.382 e. The molecule has 1 rings (SSSR count).